The second-order valence-corrected chi connectivity index (χ2v) is 7.78. The summed E-state index contributed by atoms with van der Waals surface area (Å²) >= 11 is 0. The minimum Gasteiger partial charge on any atom is -0.342 e. The molecular weight excluding hydrogens is 350 g/mol. The Hall–Kier alpha value is -3.02. The fourth-order valence-corrected chi connectivity index (χ4v) is 3.78. The van der Waals surface area contributed by atoms with Crippen LogP contribution < -0.4 is 0 Å². The second-order valence-electron chi connectivity index (χ2n) is 7.78. The molecule has 0 amide bonds. The van der Waals surface area contributed by atoms with Crippen LogP contribution in [0.5, 0.6) is 0 Å². The molecular formula is C22H23N5O. The molecule has 3 aromatic heterocycles. The Morgan fingerprint density at radius 2 is 2.11 bits per heavy atom. The smallest absolute Gasteiger partial charge is 0.171 e. The number of Topliss-reactive ketones (excluding diaryl/α,β-unsaturated/α-hetero) is 1. The summed E-state index contributed by atoms with van der Waals surface area (Å²) in [5.74, 6) is 2.62. The largest absolute Gasteiger partial charge is 0.342 e. The van der Waals surface area contributed by atoms with E-state index < -0.39 is 0 Å². The van der Waals surface area contributed by atoms with Crippen LogP contribution in [0.1, 0.15) is 65.6 Å². The number of aryl methyl sites for hydroxylation is 2. The zero-order valence-corrected chi connectivity index (χ0v) is 16.0. The lowest BCUT2D eigenvalue weighted by Crippen LogP contribution is -2.03. The number of H-pyrrole nitrogens is 1. The van der Waals surface area contributed by atoms with E-state index in [-0.39, 0.29) is 5.78 Å². The number of hydrogen-bond donors (Lipinski definition) is 1. The van der Waals surface area contributed by atoms with E-state index in [0.29, 0.717) is 23.5 Å². The number of carbonyl (C=O) groups excluding carboxylic acids is 1. The Morgan fingerprint density at radius 1 is 1.21 bits per heavy atom. The number of rotatable bonds is 7. The van der Waals surface area contributed by atoms with Gasteiger partial charge in [-0.15, -0.1) is 10.2 Å². The minimum atomic E-state index is 0.139. The van der Waals surface area contributed by atoms with Crippen LogP contribution in [0.4, 0.5) is 0 Å². The molecule has 1 aromatic carbocycles. The highest BCUT2D eigenvalue weighted by molar-refractivity contribution is 6.01. The van der Waals surface area contributed by atoms with E-state index >= 15 is 0 Å². The van der Waals surface area contributed by atoms with E-state index in [1.807, 2.05) is 28.8 Å². The first-order valence-corrected chi connectivity index (χ1v) is 10.0. The van der Waals surface area contributed by atoms with Crippen LogP contribution in [0.2, 0.25) is 0 Å². The molecule has 0 spiro atoms. The highest BCUT2D eigenvalue weighted by atomic mass is 16.1. The fraction of sp³-hybridized carbons (Fsp3) is 0.364. The quantitative estimate of drug-likeness (QED) is 0.385. The molecule has 28 heavy (non-hydrogen) atoms. The van der Waals surface area contributed by atoms with Crippen molar-refractivity contribution in [3.63, 3.8) is 0 Å². The third-order valence-corrected chi connectivity index (χ3v) is 5.46. The monoisotopic (exact) mass is 373 g/mol. The number of pyridine rings is 1. The highest BCUT2D eigenvalue weighted by Gasteiger charge is 2.29. The molecule has 0 unspecified atom stereocenters. The SMILES string of the molecule is Cc1ccc2nc(CCCCC(=O)c3cccn4c(C5CC5)nnc34)[nH]c2c1. The number of carbonyl (C=O) groups is 1. The van der Waals surface area contributed by atoms with Gasteiger partial charge in [-0.1, -0.05) is 6.07 Å². The lowest BCUT2D eigenvalue weighted by atomic mass is 10.1. The molecule has 1 aliphatic rings. The Bertz CT molecular complexity index is 1170. The Kier molecular flexibility index (Phi) is 4.19. The number of imidazole rings is 1. The van der Waals surface area contributed by atoms with Gasteiger partial charge in [-0.05, 0) is 62.4 Å². The number of aromatic nitrogens is 5. The summed E-state index contributed by atoms with van der Waals surface area (Å²) in [5, 5.41) is 8.60. The third-order valence-electron chi connectivity index (χ3n) is 5.46. The van der Waals surface area contributed by atoms with Crippen LogP contribution >= 0.6 is 0 Å². The van der Waals surface area contributed by atoms with Gasteiger partial charge in [-0.2, -0.15) is 0 Å². The van der Waals surface area contributed by atoms with Crippen molar-refractivity contribution in [3.8, 4) is 0 Å². The van der Waals surface area contributed by atoms with Crippen LogP contribution in [0.15, 0.2) is 36.5 Å². The summed E-state index contributed by atoms with van der Waals surface area (Å²) in [6.07, 6.45) is 7.42. The van der Waals surface area contributed by atoms with Crippen molar-refractivity contribution in [2.24, 2.45) is 0 Å². The fourth-order valence-electron chi connectivity index (χ4n) is 3.78. The van der Waals surface area contributed by atoms with Crippen molar-refractivity contribution in [1.29, 1.82) is 0 Å². The minimum absolute atomic E-state index is 0.139. The van der Waals surface area contributed by atoms with Crippen molar-refractivity contribution in [1.82, 2.24) is 24.6 Å². The van der Waals surface area contributed by atoms with Gasteiger partial charge in [-0.25, -0.2) is 4.98 Å². The van der Waals surface area contributed by atoms with Crippen molar-refractivity contribution in [2.75, 3.05) is 0 Å². The molecule has 0 atom stereocenters. The van der Waals surface area contributed by atoms with Gasteiger partial charge in [-0.3, -0.25) is 9.20 Å². The van der Waals surface area contributed by atoms with E-state index in [4.69, 9.17) is 0 Å². The van der Waals surface area contributed by atoms with Crippen molar-refractivity contribution < 1.29 is 4.79 Å². The molecule has 0 aliphatic heterocycles. The van der Waals surface area contributed by atoms with Gasteiger partial charge in [0.05, 0.1) is 16.6 Å². The maximum absolute atomic E-state index is 12.7. The molecule has 3 heterocycles. The number of nitrogens with one attached hydrogen (secondary N) is 1. The maximum Gasteiger partial charge on any atom is 0.171 e. The van der Waals surface area contributed by atoms with Gasteiger partial charge in [0.25, 0.3) is 0 Å². The molecule has 1 saturated carbocycles. The first kappa shape index (κ1) is 17.1. The molecule has 1 aliphatic carbocycles. The number of ketones is 1. The lowest BCUT2D eigenvalue weighted by Gasteiger charge is -2.03. The molecule has 0 saturated heterocycles. The zero-order chi connectivity index (χ0) is 19.1. The van der Waals surface area contributed by atoms with Crippen LogP contribution in [0, 0.1) is 6.92 Å². The third kappa shape index (κ3) is 3.19. The average molecular weight is 373 g/mol. The molecule has 5 rings (SSSR count). The summed E-state index contributed by atoms with van der Waals surface area (Å²) in [6, 6.07) is 10.0. The van der Waals surface area contributed by atoms with Crippen molar-refractivity contribution in [2.45, 2.75) is 51.4 Å². The first-order chi connectivity index (χ1) is 13.7. The number of hydrogen-bond acceptors (Lipinski definition) is 4. The first-order valence-electron chi connectivity index (χ1n) is 10.0. The number of benzene rings is 1. The van der Waals surface area contributed by atoms with Gasteiger partial charge in [0, 0.05) is 25.0 Å². The number of fused-ring (bicyclic) bond motifs is 2. The topological polar surface area (TPSA) is 75.9 Å². The van der Waals surface area contributed by atoms with Gasteiger partial charge in [0.15, 0.2) is 11.4 Å². The van der Waals surface area contributed by atoms with Gasteiger partial charge in [0.2, 0.25) is 0 Å². The van der Waals surface area contributed by atoms with Crippen molar-refractivity contribution in [3.05, 3.63) is 59.3 Å². The number of nitrogens with zero attached hydrogens (tertiary/aromatic N) is 4. The molecule has 6 nitrogen and oxygen atoms in total. The summed E-state index contributed by atoms with van der Waals surface area (Å²) in [7, 11) is 0. The van der Waals surface area contributed by atoms with E-state index in [1.165, 1.54) is 18.4 Å². The number of aromatic amines is 1. The molecule has 6 heteroatoms. The van der Waals surface area contributed by atoms with E-state index in [0.717, 1.165) is 41.9 Å². The van der Waals surface area contributed by atoms with Crippen LogP contribution in [0.3, 0.4) is 0 Å². The van der Waals surface area contributed by atoms with Crippen LogP contribution in [-0.4, -0.2) is 30.3 Å². The second kappa shape index (κ2) is 6.86. The van der Waals surface area contributed by atoms with Gasteiger partial charge in [0.1, 0.15) is 11.6 Å². The molecule has 0 radical (unpaired) electrons. The normalized spacial score (nSPS) is 14.2. The molecule has 4 aromatic rings. The Balaban J connectivity index is 1.22. The van der Waals surface area contributed by atoms with Gasteiger partial charge < -0.3 is 4.98 Å². The summed E-state index contributed by atoms with van der Waals surface area (Å²) < 4.78 is 1.99. The van der Waals surface area contributed by atoms with E-state index in [9.17, 15) is 4.79 Å². The maximum atomic E-state index is 12.7. The Morgan fingerprint density at radius 3 is 2.96 bits per heavy atom. The molecule has 0 bridgehead atoms. The van der Waals surface area contributed by atoms with E-state index in [1.54, 1.807) is 0 Å². The molecule has 142 valence electrons. The highest BCUT2D eigenvalue weighted by Crippen LogP contribution is 2.39. The lowest BCUT2D eigenvalue weighted by molar-refractivity contribution is 0.0980. The zero-order valence-electron chi connectivity index (χ0n) is 16.0. The average Bonchev–Trinajstić information content (AvgIpc) is 3.31. The van der Waals surface area contributed by atoms with Crippen LogP contribution in [0.25, 0.3) is 16.7 Å². The number of unbranched alkanes of at least 4 members (excludes halogenated alkanes) is 1. The molecule has 1 N–H and O–H groups in total. The Labute approximate surface area is 163 Å². The van der Waals surface area contributed by atoms with Crippen molar-refractivity contribution >= 4 is 22.5 Å². The standard InChI is InChI=1S/C22H23N5O/c1-14-8-11-17-18(13-14)24-20(23-17)7-3-2-6-19(28)16-5-4-12-27-21(15-9-10-15)25-26-22(16)27/h4-5,8,11-13,15H,2-3,6-7,9-10H2,1H3,(H,23,24). The summed E-state index contributed by atoms with van der Waals surface area (Å²) in [6.45, 7) is 2.08. The van der Waals surface area contributed by atoms with Crippen LogP contribution in [-0.2, 0) is 6.42 Å². The summed E-state index contributed by atoms with van der Waals surface area (Å²) in [5.41, 5.74) is 4.68. The predicted octanol–water partition coefficient (Wildman–Crippen LogP) is 4.39. The van der Waals surface area contributed by atoms with Gasteiger partial charge >= 0.3 is 0 Å². The summed E-state index contributed by atoms with van der Waals surface area (Å²) in [4.78, 5) is 20.8. The van der Waals surface area contributed by atoms with E-state index in [2.05, 4.69) is 39.2 Å². The predicted molar refractivity (Wildman–Crippen MR) is 108 cm³/mol. The molecule has 1 fully saturated rings.